The molecule has 2 aliphatic heterocycles. The number of aliphatic hydroxyl groups is 2. The third-order valence-electron chi connectivity index (χ3n) is 13.4. The van der Waals surface area contributed by atoms with Crippen molar-refractivity contribution in [2.75, 3.05) is 6.61 Å². The average molecular weight is 850 g/mol. The van der Waals surface area contributed by atoms with Gasteiger partial charge in [0.15, 0.2) is 18.0 Å². The van der Waals surface area contributed by atoms with Crippen LogP contribution in [-0.2, 0) is 42.7 Å². The fourth-order valence-corrected chi connectivity index (χ4v) is 10.6. The van der Waals surface area contributed by atoms with Crippen LogP contribution >= 0.6 is 0 Å². The van der Waals surface area contributed by atoms with Gasteiger partial charge < -0.3 is 48.7 Å². The van der Waals surface area contributed by atoms with Gasteiger partial charge in [-0.05, 0) is 76.0 Å². The highest BCUT2D eigenvalue weighted by Crippen LogP contribution is 2.66. The average Bonchev–Trinajstić information content (AvgIpc) is 3.61. The van der Waals surface area contributed by atoms with Crippen LogP contribution < -0.4 is 5.32 Å². The number of rotatable bonds is 9. The molecule has 3 aliphatic carbocycles. The molecule has 0 aromatic heterocycles. The normalized spacial score (nSPS) is 34.6. The van der Waals surface area contributed by atoms with Gasteiger partial charge >= 0.3 is 24.0 Å². The molecule has 1 amide bonds. The molecule has 0 spiro atoms. The number of amides is 1. The van der Waals surface area contributed by atoms with E-state index >= 15 is 4.39 Å². The zero-order valence-corrected chi connectivity index (χ0v) is 35.8. The number of benzene rings is 2. The van der Waals surface area contributed by atoms with Gasteiger partial charge in [-0.3, -0.25) is 4.79 Å². The zero-order chi connectivity index (χ0) is 44.4. The summed E-state index contributed by atoms with van der Waals surface area (Å²) in [6, 6.07) is 11.9. The van der Waals surface area contributed by atoms with Gasteiger partial charge in [-0.25, -0.2) is 18.8 Å². The van der Waals surface area contributed by atoms with E-state index in [1.165, 1.54) is 31.2 Å². The lowest BCUT2D eigenvalue weighted by Crippen LogP contribution is -2.79. The second-order valence-corrected chi connectivity index (χ2v) is 18.6. The van der Waals surface area contributed by atoms with Gasteiger partial charge in [-0.2, -0.15) is 0 Å². The molecule has 12 atom stereocenters. The maximum Gasteiger partial charge on any atom is 0.408 e. The Morgan fingerprint density at radius 1 is 1.02 bits per heavy atom. The molecule has 5 aliphatic rings. The van der Waals surface area contributed by atoms with Crippen LogP contribution in [-0.4, -0.2) is 101 Å². The molecule has 2 heterocycles. The lowest BCUT2D eigenvalue weighted by Gasteiger charge is -2.68. The van der Waals surface area contributed by atoms with Gasteiger partial charge in [-0.1, -0.05) is 63.7 Å². The summed E-state index contributed by atoms with van der Waals surface area (Å²) in [4.78, 5) is 54.7. The molecule has 2 bridgehead atoms. The topological polar surface area (TPSA) is 185 Å². The van der Waals surface area contributed by atoms with Crippen molar-refractivity contribution in [2.24, 2.45) is 16.7 Å². The van der Waals surface area contributed by atoms with Crippen LogP contribution in [0, 0.1) is 22.6 Å². The second kappa shape index (κ2) is 15.9. The highest BCUT2D eigenvalue weighted by Gasteiger charge is 2.77. The van der Waals surface area contributed by atoms with Gasteiger partial charge in [0.25, 0.3) is 0 Å². The minimum Gasteiger partial charge on any atom is -0.456 e. The molecule has 0 radical (unpaired) electrons. The number of aliphatic hydroxyl groups excluding tert-OH is 1. The Bertz CT molecular complexity index is 2100. The van der Waals surface area contributed by atoms with Crippen LogP contribution in [0.1, 0.15) is 96.6 Å². The van der Waals surface area contributed by atoms with Crippen molar-refractivity contribution < 1.29 is 66.9 Å². The minimum atomic E-state index is -2.19. The molecule has 15 heteroatoms. The van der Waals surface area contributed by atoms with Crippen molar-refractivity contribution in [1.29, 1.82) is 0 Å². The van der Waals surface area contributed by atoms with E-state index in [0.717, 1.165) is 6.07 Å². The largest absolute Gasteiger partial charge is 0.456 e. The van der Waals surface area contributed by atoms with Crippen molar-refractivity contribution >= 4 is 24.0 Å². The van der Waals surface area contributed by atoms with Crippen LogP contribution in [0.2, 0.25) is 0 Å². The van der Waals surface area contributed by atoms with Crippen molar-refractivity contribution in [1.82, 2.24) is 5.32 Å². The Morgan fingerprint density at radius 3 is 2.30 bits per heavy atom. The third-order valence-corrected chi connectivity index (χ3v) is 13.4. The molecule has 0 unspecified atom stereocenters. The predicted molar refractivity (Wildman–Crippen MR) is 215 cm³/mol. The number of carbonyl (C=O) groups is 4. The fourth-order valence-electron chi connectivity index (χ4n) is 10.6. The third kappa shape index (κ3) is 7.55. The summed E-state index contributed by atoms with van der Waals surface area (Å²) >= 11 is 0. The zero-order valence-electron chi connectivity index (χ0n) is 35.8. The monoisotopic (exact) mass is 849 g/mol. The molecular weight excluding hydrogens is 793 g/mol. The summed E-state index contributed by atoms with van der Waals surface area (Å²) in [5.74, 6) is -4.43. The Kier molecular flexibility index (Phi) is 11.6. The molecule has 2 aromatic carbocycles. The van der Waals surface area contributed by atoms with Gasteiger partial charge in [0, 0.05) is 29.7 Å². The Morgan fingerprint density at radius 2 is 1.69 bits per heavy atom. The van der Waals surface area contributed by atoms with E-state index in [1.54, 1.807) is 71.9 Å². The number of carbonyl (C=O) groups excluding carboxylic acids is 4. The number of halogens is 1. The number of hydrogen-bond donors (Lipinski definition) is 3. The summed E-state index contributed by atoms with van der Waals surface area (Å²) in [7, 11) is 0. The lowest BCUT2D eigenvalue weighted by atomic mass is 9.45. The summed E-state index contributed by atoms with van der Waals surface area (Å²) in [6.07, 6.45) is -7.29. The molecule has 61 heavy (non-hydrogen) atoms. The first-order chi connectivity index (χ1) is 28.6. The molecule has 7 rings (SSSR count). The smallest absolute Gasteiger partial charge is 0.408 e. The van der Waals surface area contributed by atoms with Crippen LogP contribution in [0.15, 0.2) is 78.4 Å². The van der Waals surface area contributed by atoms with Gasteiger partial charge in [0.05, 0.1) is 30.2 Å². The van der Waals surface area contributed by atoms with E-state index < -0.39 is 112 Å². The van der Waals surface area contributed by atoms with E-state index in [4.69, 9.17) is 33.2 Å². The molecule has 2 saturated heterocycles. The molecule has 14 nitrogen and oxygen atoms in total. The highest BCUT2D eigenvalue weighted by atomic mass is 19.1. The van der Waals surface area contributed by atoms with Gasteiger partial charge in [-0.15, -0.1) is 0 Å². The first kappa shape index (κ1) is 44.4. The SMILES string of the molecule is C=C[C@@H]1O[C@@H]2C3=C(C)[C@@H](OC(=O)[C@H](O)[C@@H](NC(=O)OC(C)(C)C)c4ccccc4F)C[C@@](O)([C@@H](OC(=O)c4ccccc4)[C@H]4[C@@](C)(CC[C@H]5OC[C@]54OC(C)=O)[C@@H]2O1)C3(C)C. The van der Waals surface area contributed by atoms with E-state index in [9.17, 15) is 29.4 Å². The quantitative estimate of drug-likeness (QED) is 0.157. The highest BCUT2D eigenvalue weighted by molar-refractivity contribution is 5.89. The summed E-state index contributed by atoms with van der Waals surface area (Å²) in [5.41, 5.74) is -5.91. The van der Waals surface area contributed by atoms with E-state index in [1.807, 2.05) is 6.92 Å². The predicted octanol–water partition coefficient (Wildman–Crippen LogP) is 5.79. The Balaban J connectivity index is 1.37. The van der Waals surface area contributed by atoms with Crippen molar-refractivity contribution in [2.45, 2.75) is 140 Å². The molecule has 2 saturated carbocycles. The minimum absolute atomic E-state index is 0.0645. The Hall–Kier alpha value is -4.67. The van der Waals surface area contributed by atoms with E-state index in [2.05, 4.69) is 11.9 Å². The number of fused-ring (bicyclic) bond motifs is 8. The van der Waals surface area contributed by atoms with Crippen LogP contribution in [0.25, 0.3) is 0 Å². The van der Waals surface area contributed by atoms with Gasteiger partial charge in [0.1, 0.15) is 41.4 Å². The summed E-state index contributed by atoms with van der Waals surface area (Å²) < 4.78 is 59.1. The number of alkyl carbamates (subject to hydrolysis) is 1. The standard InChI is InChI=1S/C46H56FNO13/c1-10-31-57-35-32-24(2)29(56-40(52)34(50)33(27-18-14-15-19-28(27)47)48-41(53)61-42(4,5)6)22-46(54,43(32,7)8)38(59-39(51)26-16-12-11-13-17-26)36-44(9,37(35)58-31)21-20-30-45(36,23-55-30)60-25(3)49/h10-19,29-31,33-38,50,54H,1,20-23H2,2-9H3,(H,48,53)/t29-,30+,31+,33-,34+,35+,36-,37+,38-,44+,45-,46+/m0/s1. The molecule has 4 fully saturated rings. The summed E-state index contributed by atoms with van der Waals surface area (Å²) in [5, 5.41) is 27.9. The van der Waals surface area contributed by atoms with Crippen molar-refractivity contribution in [3.05, 3.63) is 95.3 Å². The molecular formula is C46H56FNO13. The Labute approximate surface area is 354 Å². The maximum absolute atomic E-state index is 15.3. The van der Waals surface area contributed by atoms with Crippen molar-refractivity contribution in [3.8, 4) is 0 Å². The number of ether oxygens (including phenoxy) is 7. The first-order valence-corrected chi connectivity index (χ1v) is 20.6. The number of nitrogens with one attached hydrogen (secondary N) is 1. The molecule has 330 valence electrons. The van der Waals surface area contributed by atoms with Crippen LogP contribution in [0.3, 0.4) is 0 Å². The summed E-state index contributed by atoms with van der Waals surface area (Å²) in [6.45, 7) is 17.2. The van der Waals surface area contributed by atoms with E-state index in [0.29, 0.717) is 24.0 Å². The van der Waals surface area contributed by atoms with Gasteiger partial charge in [0.2, 0.25) is 0 Å². The lowest BCUT2D eigenvalue weighted by molar-refractivity contribution is -0.345. The van der Waals surface area contributed by atoms with Crippen molar-refractivity contribution in [3.63, 3.8) is 0 Å². The van der Waals surface area contributed by atoms with Crippen LogP contribution in [0.5, 0.6) is 0 Å². The number of hydrogen-bond acceptors (Lipinski definition) is 13. The number of esters is 3. The van der Waals surface area contributed by atoms with E-state index in [-0.39, 0.29) is 24.2 Å². The fraction of sp³-hybridized carbons (Fsp3) is 0.565. The second-order valence-electron chi connectivity index (χ2n) is 18.6. The maximum atomic E-state index is 15.3. The molecule has 2 aromatic rings. The molecule has 3 N–H and O–H groups in total. The van der Waals surface area contributed by atoms with Crippen LogP contribution in [0.4, 0.5) is 9.18 Å². The first-order valence-electron chi connectivity index (χ1n) is 20.6.